The Morgan fingerprint density at radius 1 is 1.43 bits per heavy atom. The fourth-order valence-corrected chi connectivity index (χ4v) is 1.92. The molecule has 0 radical (unpaired) electrons. The summed E-state index contributed by atoms with van der Waals surface area (Å²) in [7, 11) is 0. The van der Waals surface area contributed by atoms with Crippen LogP contribution in [0.2, 0.25) is 0 Å². The minimum atomic E-state index is 0. The number of hydrogen-bond donors (Lipinski definition) is 1. The molecular formula is C10H13BrClNO. The van der Waals surface area contributed by atoms with E-state index >= 15 is 0 Å². The predicted molar refractivity (Wildman–Crippen MR) is 63.0 cm³/mol. The number of nitrogens with two attached hydrogens (primary N) is 1. The van der Waals surface area contributed by atoms with Crippen molar-refractivity contribution in [1.29, 1.82) is 0 Å². The quantitative estimate of drug-likeness (QED) is 0.792. The SMILES string of the molecule is Cl.N[C@H]1CCCOc2cc(Br)ccc21. The second-order valence-electron chi connectivity index (χ2n) is 3.28. The Hall–Kier alpha value is -0.250. The smallest absolute Gasteiger partial charge is 0.125 e. The van der Waals surface area contributed by atoms with Gasteiger partial charge in [0.15, 0.2) is 0 Å². The van der Waals surface area contributed by atoms with Crippen molar-refractivity contribution in [3.05, 3.63) is 28.2 Å². The van der Waals surface area contributed by atoms with Gasteiger partial charge in [-0.1, -0.05) is 22.0 Å². The molecule has 0 saturated carbocycles. The number of benzene rings is 1. The molecule has 14 heavy (non-hydrogen) atoms. The Bertz CT molecular complexity index is 319. The van der Waals surface area contributed by atoms with Gasteiger partial charge in [-0.3, -0.25) is 0 Å². The minimum absolute atomic E-state index is 0. The lowest BCUT2D eigenvalue weighted by molar-refractivity contribution is 0.316. The number of ether oxygens (including phenoxy) is 1. The monoisotopic (exact) mass is 277 g/mol. The van der Waals surface area contributed by atoms with E-state index in [0.717, 1.165) is 35.2 Å². The van der Waals surface area contributed by atoms with Crippen LogP contribution in [0.15, 0.2) is 22.7 Å². The van der Waals surface area contributed by atoms with Crippen LogP contribution in [0.1, 0.15) is 24.4 Å². The number of hydrogen-bond acceptors (Lipinski definition) is 2. The van der Waals surface area contributed by atoms with Crippen molar-refractivity contribution in [2.24, 2.45) is 5.73 Å². The van der Waals surface area contributed by atoms with Crippen LogP contribution in [0.5, 0.6) is 5.75 Å². The van der Waals surface area contributed by atoms with E-state index in [2.05, 4.69) is 15.9 Å². The Kier molecular flexibility index (Phi) is 4.23. The van der Waals surface area contributed by atoms with Gasteiger partial charge < -0.3 is 10.5 Å². The van der Waals surface area contributed by atoms with Crippen molar-refractivity contribution in [1.82, 2.24) is 0 Å². The van der Waals surface area contributed by atoms with Crippen molar-refractivity contribution in [3.8, 4) is 5.75 Å². The molecule has 4 heteroatoms. The summed E-state index contributed by atoms with van der Waals surface area (Å²) in [6.45, 7) is 0.775. The van der Waals surface area contributed by atoms with Gasteiger partial charge in [-0.2, -0.15) is 0 Å². The minimum Gasteiger partial charge on any atom is -0.493 e. The maximum atomic E-state index is 6.00. The van der Waals surface area contributed by atoms with E-state index in [0.29, 0.717) is 0 Å². The molecule has 0 unspecified atom stereocenters. The first kappa shape index (κ1) is 11.8. The van der Waals surface area contributed by atoms with Crippen molar-refractivity contribution in [2.75, 3.05) is 6.61 Å². The zero-order valence-corrected chi connectivity index (χ0v) is 10.1. The number of fused-ring (bicyclic) bond motifs is 1. The molecule has 0 aromatic heterocycles. The average Bonchev–Trinajstić information content (AvgIpc) is 2.28. The Morgan fingerprint density at radius 3 is 3.00 bits per heavy atom. The standard InChI is InChI=1S/C10H12BrNO.ClH/c11-7-3-4-8-9(12)2-1-5-13-10(8)6-7;/h3-4,6,9H,1-2,5,12H2;1H/t9-;/m0./s1. The largest absolute Gasteiger partial charge is 0.493 e. The molecule has 1 aliphatic rings. The summed E-state index contributed by atoms with van der Waals surface area (Å²) < 4.78 is 6.63. The van der Waals surface area contributed by atoms with Gasteiger partial charge in [0.2, 0.25) is 0 Å². The van der Waals surface area contributed by atoms with E-state index < -0.39 is 0 Å². The Morgan fingerprint density at radius 2 is 2.21 bits per heavy atom. The summed E-state index contributed by atoms with van der Waals surface area (Å²) in [5, 5.41) is 0. The number of rotatable bonds is 0. The third kappa shape index (κ3) is 2.41. The first-order valence-electron chi connectivity index (χ1n) is 4.45. The van der Waals surface area contributed by atoms with Crippen LogP contribution in [-0.2, 0) is 0 Å². The van der Waals surface area contributed by atoms with E-state index in [-0.39, 0.29) is 18.4 Å². The highest BCUT2D eigenvalue weighted by Gasteiger charge is 2.15. The van der Waals surface area contributed by atoms with Gasteiger partial charge in [0, 0.05) is 16.1 Å². The molecule has 0 saturated heterocycles. The molecule has 0 fully saturated rings. The van der Waals surface area contributed by atoms with Gasteiger partial charge in [0.1, 0.15) is 5.75 Å². The Labute approximate surface area is 98.4 Å². The zero-order chi connectivity index (χ0) is 9.26. The van der Waals surface area contributed by atoms with Crippen molar-refractivity contribution >= 4 is 28.3 Å². The summed E-state index contributed by atoms with van der Waals surface area (Å²) in [6, 6.07) is 6.16. The lowest BCUT2D eigenvalue weighted by Gasteiger charge is -2.11. The zero-order valence-electron chi connectivity index (χ0n) is 7.70. The van der Waals surface area contributed by atoms with Crippen LogP contribution in [-0.4, -0.2) is 6.61 Å². The highest BCUT2D eigenvalue weighted by Crippen LogP contribution is 2.32. The molecule has 1 atom stereocenters. The van der Waals surface area contributed by atoms with Gasteiger partial charge in [-0.15, -0.1) is 12.4 Å². The van der Waals surface area contributed by atoms with E-state index in [1.165, 1.54) is 0 Å². The molecule has 2 nitrogen and oxygen atoms in total. The molecule has 78 valence electrons. The van der Waals surface area contributed by atoms with Gasteiger partial charge in [-0.25, -0.2) is 0 Å². The van der Waals surface area contributed by atoms with Gasteiger partial charge >= 0.3 is 0 Å². The first-order chi connectivity index (χ1) is 6.27. The highest BCUT2D eigenvalue weighted by atomic mass is 79.9. The van der Waals surface area contributed by atoms with Gasteiger partial charge in [-0.05, 0) is 25.0 Å². The van der Waals surface area contributed by atoms with Crippen LogP contribution in [0, 0.1) is 0 Å². The second kappa shape index (κ2) is 5.01. The molecule has 0 aliphatic carbocycles. The number of halogens is 2. The van der Waals surface area contributed by atoms with Gasteiger partial charge in [0.05, 0.1) is 6.61 Å². The molecular weight excluding hydrogens is 265 g/mol. The predicted octanol–water partition coefficient (Wildman–Crippen LogP) is 3.04. The summed E-state index contributed by atoms with van der Waals surface area (Å²) in [5.74, 6) is 0.930. The molecule has 0 bridgehead atoms. The Balaban J connectivity index is 0.000000980. The van der Waals surface area contributed by atoms with Crippen LogP contribution >= 0.6 is 28.3 Å². The molecule has 1 aliphatic heterocycles. The van der Waals surface area contributed by atoms with Crippen molar-refractivity contribution in [3.63, 3.8) is 0 Å². The second-order valence-corrected chi connectivity index (χ2v) is 4.20. The van der Waals surface area contributed by atoms with Crippen molar-refractivity contribution < 1.29 is 4.74 Å². The fourth-order valence-electron chi connectivity index (χ4n) is 1.58. The summed E-state index contributed by atoms with van der Waals surface area (Å²) in [5.41, 5.74) is 7.13. The molecule has 2 rings (SSSR count). The van der Waals surface area contributed by atoms with E-state index in [1.54, 1.807) is 0 Å². The third-order valence-electron chi connectivity index (χ3n) is 2.29. The maximum absolute atomic E-state index is 6.00. The van der Waals surface area contributed by atoms with Crippen molar-refractivity contribution in [2.45, 2.75) is 18.9 Å². The molecule has 1 aromatic carbocycles. The van der Waals surface area contributed by atoms with E-state index in [1.807, 2.05) is 18.2 Å². The van der Waals surface area contributed by atoms with Crippen LogP contribution in [0.4, 0.5) is 0 Å². The molecule has 1 aromatic rings. The van der Waals surface area contributed by atoms with E-state index in [9.17, 15) is 0 Å². The lowest BCUT2D eigenvalue weighted by Crippen LogP contribution is -2.08. The summed E-state index contributed by atoms with van der Waals surface area (Å²) in [4.78, 5) is 0. The average molecular weight is 279 g/mol. The molecule has 2 N–H and O–H groups in total. The van der Waals surface area contributed by atoms with Gasteiger partial charge in [0.25, 0.3) is 0 Å². The maximum Gasteiger partial charge on any atom is 0.125 e. The fraction of sp³-hybridized carbons (Fsp3) is 0.400. The first-order valence-corrected chi connectivity index (χ1v) is 5.24. The van der Waals surface area contributed by atoms with Crippen LogP contribution < -0.4 is 10.5 Å². The third-order valence-corrected chi connectivity index (χ3v) is 2.79. The molecule has 0 amide bonds. The molecule has 0 spiro atoms. The summed E-state index contributed by atoms with van der Waals surface area (Å²) in [6.07, 6.45) is 2.04. The van der Waals surface area contributed by atoms with Crippen LogP contribution in [0.25, 0.3) is 0 Å². The van der Waals surface area contributed by atoms with E-state index in [4.69, 9.17) is 10.5 Å². The normalized spacial score (nSPS) is 20.0. The van der Waals surface area contributed by atoms with Crippen LogP contribution in [0.3, 0.4) is 0 Å². The topological polar surface area (TPSA) is 35.2 Å². The lowest BCUT2D eigenvalue weighted by atomic mass is 10.0. The summed E-state index contributed by atoms with van der Waals surface area (Å²) >= 11 is 3.42. The molecule has 1 heterocycles. The highest BCUT2D eigenvalue weighted by molar-refractivity contribution is 9.10.